The van der Waals surface area contributed by atoms with Gasteiger partial charge in [0.15, 0.2) is 0 Å². The molecule has 1 aromatic heterocycles. The van der Waals surface area contributed by atoms with E-state index in [-0.39, 0.29) is 0 Å². The second-order valence-electron chi connectivity index (χ2n) is 5.77. The van der Waals surface area contributed by atoms with E-state index in [1.54, 1.807) is 30.3 Å². The number of aromatic amines is 1. The number of allylic oxidation sites excluding steroid dienone is 1. The largest absolute Gasteiger partial charge is 0.378 e. The minimum absolute atomic E-state index is 0.365. The average Bonchev–Trinajstić information content (AvgIpc) is 2.61. The molecule has 3 rings (SSSR count). The number of hydrogen-bond acceptors (Lipinski definition) is 4. The number of carbonyl (C=O) groups excluding carboxylic acids is 1. The lowest BCUT2D eigenvalue weighted by Crippen LogP contribution is -2.38. The van der Waals surface area contributed by atoms with Gasteiger partial charge in [-0.1, -0.05) is 24.3 Å². The third kappa shape index (κ3) is 3.28. The Kier molecular flexibility index (Phi) is 4.35. The number of hydrogen-bond donors (Lipinski definition) is 1. The van der Waals surface area contributed by atoms with Gasteiger partial charge in [-0.2, -0.15) is 0 Å². The van der Waals surface area contributed by atoms with Crippen molar-refractivity contribution in [3.8, 4) is 0 Å². The van der Waals surface area contributed by atoms with Crippen molar-refractivity contribution in [1.29, 1.82) is 0 Å². The summed E-state index contributed by atoms with van der Waals surface area (Å²) in [4.78, 5) is 40.8. The summed E-state index contributed by atoms with van der Waals surface area (Å²) in [5.74, 6) is -0.566. The first-order valence-corrected chi connectivity index (χ1v) is 7.71. The summed E-state index contributed by atoms with van der Waals surface area (Å²) in [5.41, 5.74) is 0.947. The molecule has 0 aliphatic rings. The highest BCUT2D eigenvalue weighted by atomic mass is 16.2. The van der Waals surface area contributed by atoms with E-state index < -0.39 is 17.0 Å². The summed E-state index contributed by atoms with van der Waals surface area (Å²) >= 11 is 0. The van der Waals surface area contributed by atoms with Gasteiger partial charge in [0, 0.05) is 25.9 Å². The predicted octanol–water partition coefficient (Wildman–Crippen LogP) is 2.11. The second kappa shape index (κ2) is 6.60. The number of benzene rings is 2. The number of nitrogens with zero attached hydrogens (tertiary/aromatic N) is 2. The van der Waals surface area contributed by atoms with E-state index in [0.717, 1.165) is 15.8 Å². The third-order valence-electron chi connectivity index (χ3n) is 3.84. The molecule has 1 heterocycles. The number of H-pyrrole nitrogens is 1. The van der Waals surface area contributed by atoms with Crippen LogP contribution >= 0.6 is 0 Å². The van der Waals surface area contributed by atoms with E-state index in [2.05, 4.69) is 4.98 Å². The van der Waals surface area contributed by atoms with E-state index in [0.29, 0.717) is 11.0 Å². The highest BCUT2D eigenvalue weighted by molar-refractivity contribution is 5.98. The van der Waals surface area contributed by atoms with Gasteiger partial charge in [-0.25, -0.2) is 4.57 Å². The number of para-hydroxylation sites is 2. The number of fused-ring (bicyclic) bond motifs is 1. The maximum atomic E-state index is 12.5. The molecule has 0 saturated carbocycles. The van der Waals surface area contributed by atoms with E-state index in [4.69, 9.17) is 0 Å². The SMILES string of the molecule is CN(C)c1ccc(/C=C/C(=O)n2c(=O)c(=O)[nH]c3ccccc32)cc1. The van der Waals surface area contributed by atoms with Gasteiger partial charge in [0.1, 0.15) is 0 Å². The molecule has 0 atom stereocenters. The van der Waals surface area contributed by atoms with Crippen LogP contribution in [-0.2, 0) is 0 Å². The molecule has 3 aromatic rings. The molecule has 0 bridgehead atoms. The molecule has 126 valence electrons. The van der Waals surface area contributed by atoms with Crippen LogP contribution in [0.1, 0.15) is 10.4 Å². The van der Waals surface area contributed by atoms with Crippen molar-refractivity contribution in [2.75, 3.05) is 19.0 Å². The first-order chi connectivity index (χ1) is 12.0. The molecule has 0 radical (unpaired) electrons. The van der Waals surface area contributed by atoms with Crippen molar-refractivity contribution in [3.05, 3.63) is 80.9 Å². The zero-order valence-electron chi connectivity index (χ0n) is 13.9. The topological polar surface area (TPSA) is 75.2 Å². The number of carbonyl (C=O) groups is 1. The smallest absolute Gasteiger partial charge is 0.323 e. The molecule has 0 aliphatic heterocycles. The fraction of sp³-hybridized carbons (Fsp3) is 0.105. The van der Waals surface area contributed by atoms with Crippen LogP contribution < -0.4 is 16.0 Å². The average molecular weight is 335 g/mol. The maximum Gasteiger partial charge on any atom is 0.323 e. The zero-order valence-corrected chi connectivity index (χ0v) is 13.9. The van der Waals surface area contributed by atoms with Crippen LogP contribution in [0, 0.1) is 0 Å². The Morgan fingerprint density at radius 2 is 1.72 bits per heavy atom. The molecule has 6 heteroatoms. The number of aromatic nitrogens is 2. The minimum Gasteiger partial charge on any atom is -0.378 e. The lowest BCUT2D eigenvalue weighted by atomic mass is 10.2. The Morgan fingerprint density at radius 3 is 2.40 bits per heavy atom. The van der Waals surface area contributed by atoms with Gasteiger partial charge >= 0.3 is 11.1 Å². The molecule has 6 nitrogen and oxygen atoms in total. The Labute approximate surface area is 143 Å². The quantitative estimate of drug-likeness (QED) is 0.587. The van der Waals surface area contributed by atoms with Crippen molar-refractivity contribution >= 4 is 28.7 Å². The second-order valence-corrected chi connectivity index (χ2v) is 5.77. The maximum absolute atomic E-state index is 12.5. The minimum atomic E-state index is -0.892. The summed E-state index contributed by atoms with van der Waals surface area (Å²) in [6.07, 6.45) is 2.90. The number of rotatable bonds is 3. The highest BCUT2D eigenvalue weighted by Crippen LogP contribution is 2.13. The molecule has 2 aromatic carbocycles. The Bertz CT molecular complexity index is 1070. The summed E-state index contributed by atoms with van der Waals surface area (Å²) in [5, 5.41) is 0. The van der Waals surface area contributed by atoms with Crippen molar-refractivity contribution < 1.29 is 4.79 Å². The van der Waals surface area contributed by atoms with Crippen molar-refractivity contribution in [2.45, 2.75) is 0 Å². The van der Waals surface area contributed by atoms with E-state index in [1.807, 2.05) is 43.3 Å². The van der Waals surface area contributed by atoms with Crippen LogP contribution in [0.3, 0.4) is 0 Å². The Morgan fingerprint density at radius 1 is 1.04 bits per heavy atom. The molecule has 25 heavy (non-hydrogen) atoms. The zero-order chi connectivity index (χ0) is 18.0. The number of anilines is 1. The van der Waals surface area contributed by atoms with Crippen molar-refractivity contribution in [2.24, 2.45) is 0 Å². The first kappa shape index (κ1) is 16.4. The summed E-state index contributed by atoms with van der Waals surface area (Å²) in [7, 11) is 3.89. The van der Waals surface area contributed by atoms with Crippen LogP contribution in [0.4, 0.5) is 5.69 Å². The van der Waals surface area contributed by atoms with Crippen LogP contribution in [0.5, 0.6) is 0 Å². The molecule has 1 N–H and O–H groups in total. The molecule has 0 unspecified atom stereocenters. The van der Waals surface area contributed by atoms with E-state index in [9.17, 15) is 14.4 Å². The van der Waals surface area contributed by atoms with Crippen LogP contribution in [0.2, 0.25) is 0 Å². The number of nitrogens with one attached hydrogen (secondary N) is 1. The van der Waals surface area contributed by atoms with Gasteiger partial charge in [-0.05, 0) is 35.9 Å². The fourth-order valence-corrected chi connectivity index (χ4v) is 2.51. The van der Waals surface area contributed by atoms with Crippen LogP contribution in [0.25, 0.3) is 17.1 Å². The van der Waals surface area contributed by atoms with Gasteiger partial charge in [0.25, 0.3) is 5.91 Å². The first-order valence-electron chi connectivity index (χ1n) is 7.71. The standard InChI is InChI=1S/C19H17N3O3/c1-21(2)14-10-7-13(8-11-14)9-12-17(23)22-16-6-4-3-5-15(16)20-18(24)19(22)25/h3-12H,1-2H3,(H,20,24)/b12-9+. The van der Waals surface area contributed by atoms with Crippen molar-refractivity contribution in [3.63, 3.8) is 0 Å². The van der Waals surface area contributed by atoms with Crippen LogP contribution in [-0.4, -0.2) is 29.6 Å². The molecule has 0 amide bonds. The lowest BCUT2D eigenvalue weighted by Gasteiger charge is -2.11. The van der Waals surface area contributed by atoms with E-state index >= 15 is 0 Å². The van der Waals surface area contributed by atoms with E-state index in [1.165, 1.54) is 6.08 Å². The molecule has 0 fully saturated rings. The normalized spacial score (nSPS) is 11.1. The van der Waals surface area contributed by atoms with Gasteiger partial charge < -0.3 is 9.88 Å². The summed E-state index contributed by atoms with van der Waals surface area (Å²) < 4.78 is 0.888. The van der Waals surface area contributed by atoms with Crippen LogP contribution in [0.15, 0.2) is 64.2 Å². The Balaban J connectivity index is 1.99. The van der Waals surface area contributed by atoms with Gasteiger partial charge in [0.2, 0.25) is 0 Å². The Hall–Kier alpha value is -3.41. The summed E-state index contributed by atoms with van der Waals surface area (Å²) in [6, 6.07) is 14.3. The molecule has 0 spiro atoms. The third-order valence-corrected chi connectivity index (χ3v) is 3.84. The summed E-state index contributed by atoms with van der Waals surface area (Å²) in [6.45, 7) is 0. The van der Waals surface area contributed by atoms with Gasteiger partial charge in [-0.15, -0.1) is 0 Å². The molecule has 0 saturated heterocycles. The highest BCUT2D eigenvalue weighted by Gasteiger charge is 2.11. The monoisotopic (exact) mass is 335 g/mol. The van der Waals surface area contributed by atoms with Gasteiger partial charge in [-0.3, -0.25) is 14.4 Å². The fourth-order valence-electron chi connectivity index (χ4n) is 2.51. The molecular formula is C19H17N3O3. The lowest BCUT2D eigenvalue weighted by molar-refractivity contribution is 0.0970. The predicted molar refractivity (Wildman–Crippen MR) is 99.3 cm³/mol. The molecule has 0 aliphatic carbocycles. The van der Waals surface area contributed by atoms with Gasteiger partial charge in [0.05, 0.1) is 11.0 Å². The molecular weight excluding hydrogens is 318 g/mol. The van der Waals surface area contributed by atoms with Crippen molar-refractivity contribution in [1.82, 2.24) is 9.55 Å².